The minimum Gasteiger partial charge on any atom is -0.340 e. The molecule has 1 N–H and O–H groups in total. The van der Waals surface area contributed by atoms with Crippen LogP contribution in [0.4, 0.5) is 0 Å². The number of piperazine rings is 1. The van der Waals surface area contributed by atoms with Gasteiger partial charge in [-0.1, -0.05) is 0 Å². The van der Waals surface area contributed by atoms with E-state index < -0.39 is 11.1 Å². The first kappa shape index (κ1) is 14.5. The van der Waals surface area contributed by atoms with Crippen LogP contribution in [0.25, 0.3) is 0 Å². The smallest absolute Gasteiger partial charge is 0.248 e. The number of halogens is 1. The maximum absolute atomic E-state index is 12.5. The summed E-state index contributed by atoms with van der Waals surface area (Å²) in [6.45, 7) is 7.47. The standard InChI is InChI=1S/C13H17BrN2O2S/c1-12(2)11(18)16(13(3,4)10(17)15-12)7-9-8(14)5-6-19-9/h5-6H,7H2,1-4H3,(H,15,17). The van der Waals surface area contributed by atoms with Gasteiger partial charge in [-0.25, -0.2) is 0 Å². The molecule has 0 spiro atoms. The Balaban J connectivity index is 2.37. The number of hydrogen-bond acceptors (Lipinski definition) is 3. The molecule has 0 radical (unpaired) electrons. The average molecular weight is 345 g/mol. The number of thiophene rings is 1. The van der Waals surface area contributed by atoms with E-state index in [1.807, 2.05) is 11.4 Å². The van der Waals surface area contributed by atoms with Gasteiger partial charge < -0.3 is 10.2 Å². The summed E-state index contributed by atoms with van der Waals surface area (Å²) in [7, 11) is 0. The summed E-state index contributed by atoms with van der Waals surface area (Å²) >= 11 is 5.04. The normalized spacial score (nSPS) is 21.4. The van der Waals surface area contributed by atoms with Crippen LogP contribution in [0.3, 0.4) is 0 Å². The fourth-order valence-electron chi connectivity index (χ4n) is 2.06. The van der Waals surface area contributed by atoms with Crippen molar-refractivity contribution in [2.75, 3.05) is 0 Å². The zero-order chi connectivity index (χ0) is 14.4. The van der Waals surface area contributed by atoms with E-state index in [1.54, 1.807) is 43.9 Å². The molecule has 1 aliphatic heterocycles. The lowest BCUT2D eigenvalue weighted by Gasteiger charge is -2.47. The molecule has 2 rings (SSSR count). The summed E-state index contributed by atoms with van der Waals surface area (Å²) in [4.78, 5) is 27.4. The van der Waals surface area contributed by atoms with Crippen LogP contribution >= 0.6 is 27.3 Å². The maximum atomic E-state index is 12.5. The van der Waals surface area contributed by atoms with Crippen molar-refractivity contribution in [3.05, 3.63) is 20.8 Å². The fourth-order valence-corrected chi connectivity index (χ4v) is 3.52. The second-order valence-corrected chi connectivity index (χ2v) is 7.58. The first-order valence-electron chi connectivity index (χ1n) is 6.03. The number of amides is 2. The molecule has 1 aromatic rings. The molecular formula is C13H17BrN2O2S. The third-order valence-corrected chi connectivity index (χ3v) is 5.34. The molecule has 4 nitrogen and oxygen atoms in total. The molecule has 19 heavy (non-hydrogen) atoms. The van der Waals surface area contributed by atoms with E-state index in [-0.39, 0.29) is 11.8 Å². The van der Waals surface area contributed by atoms with Crippen molar-refractivity contribution >= 4 is 39.1 Å². The van der Waals surface area contributed by atoms with E-state index in [9.17, 15) is 9.59 Å². The zero-order valence-electron chi connectivity index (χ0n) is 11.4. The Bertz CT molecular complexity index is 537. The summed E-state index contributed by atoms with van der Waals surface area (Å²) in [6, 6.07) is 1.95. The summed E-state index contributed by atoms with van der Waals surface area (Å²) < 4.78 is 0.977. The lowest BCUT2D eigenvalue weighted by molar-refractivity contribution is -0.160. The molecule has 1 fully saturated rings. The molecule has 1 aliphatic rings. The quantitative estimate of drug-likeness (QED) is 0.896. The zero-order valence-corrected chi connectivity index (χ0v) is 13.8. The minimum absolute atomic E-state index is 0.0580. The van der Waals surface area contributed by atoms with E-state index in [4.69, 9.17) is 0 Å². The first-order chi connectivity index (χ1) is 8.66. The Labute approximate surface area is 125 Å². The van der Waals surface area contributed by atoms with Gasteiger partial charge in [-0.2, -0.15) is 0 Å². The van der Waals surface area contributed by atoms with Crippen molar-refractivity contribution in [2.45, 2.75) is 45.3 Å². The van der Waals surface area contributed by atoms with Crippen LogP contribution in [0, 0.1) is 0 Å². The van der Waals surface area contributed by atoms with Gasteiger partial charge in [-0.05, 0) is 55.1 Å². The Kier molecular flexibility index (Phi) is 3.51. The van der Waals surface area contributed by atoms with Crippen LogP contribution in [-0.2, 0) is 16.1 Å². The van der Waals surface area contributed by atoms with Gasteiger partial charge in [0.1, 0.15) is 11.1 Å². The van der Waals surface area contributed by atoms with Crippen molar-refractivity contribution in [2.24, 2.45) is 0 Å². The van der Waals surface area contributed by atoms with E-state index in [1.165, 1.54) is 0 Å². The third kappa shape index (κ3) is 2.43. The summed E-state index contributed by atoms with van der Waals surface area (Å²) in [5.74, 6) is -0.179. The highest BCUT2D eigenvalue weighted by molar-refractivity contribution is 9.10. The van der Waals surface area contributed by atoms with Crippen molar-refractivity contribution < 1.29 is 9.59 Å². The molecule has 104 valence electrons. The molecule has 1 saturated heterocycles. The Morgan fingerprint density at radius 3 is 2.47 bits per heavy atom. The number of carbonyl (C=O) groups is 2. The van der Waals surface area contributed by atoms with Crippen molar-refractivity contribution in [3.8, 4) is 0 Å². The summed E-state index contributed by atoms with van der Waals surface area (Å²) in [5, 5.41) is 4.75. The Hall–Kier alpha value is -0.880. The van der Waals surface area contributed by atoms with E-state index in [2.05, 4.69) is 21.2 Å². The van der Waals surface area contributed by atoms with Crippen LogP contribution in [0.2, 0.25) is 0 Å². The molecule has 2 amide bonds. The van der Waals surface area contributed by atoms with Crippen LogP contribution in [0.15, 0.2) is 15.9 Å². The van der Waals surface area contributed by atoms with Gasteiger partial charge in [0.25, 0.3) is 0 Å². The van der Waals surface area contributed by atoms with Gasteiger partial charge in [0.2, 0.25) is 11.8 Å². The second-order valence-electron chi connectivity index (χ2n) is 5.72. The highest BCUT2D eigenvalue weighted by Crippen LogP contribution is 2.31. The predicted octanol–water partition coefficient (Wildman–Crippen LogP) is 2.53. The third-order valence-electron chi connectivity index (χ3n) is 3.43. The lowest BCUT2D eigenvalue weighted by atomic mass is 9.89. The van der Waals surface area contributed by atoms with Crippen LogP contribution in [0.5, 0.6) is 0 Å². The monoisotopic (exact) mass is 344 g/mol. The topological polar surface area (TPSA) is 49.4 Å². The van der Waals surface area contributed by atoms with E-state index in [0.717, 1.165) is 9.35 Å². The molecule has 6 heteroatoms. The van der Waals surface area contributed by atoms with E-state index >= 15 is 0 Å². The van der Waals surface area contributed by atoms with Gasteiger partial charge in [-0.15, -0.1) is 11.3 Å². The molecule has 0 atom stereocenters. The molecule has 0 saturated carbocycles. The molecule has 0 bridgehead atoms. The molecule has 2 heterocycles. The first-order valence-corrected chi connectivity index (χ1v) is 7.70. The summed E-state index contributed by atoms with van der Waals surface area (Å²) in [5.41, 5.74) is -1.69. The van der Waals surface area contributed by atoms with Crippen molar-refractivity contribution in [3.63, 3.8) is 0 Å². The van der Waals surface area contributed by atoms with Gasteiger partial charge in [0.15, 0.2) is 0 Å². The molecule has 0 aliphatic carbocycles. The van der Waals surface area contributed by atoms with Gasteiger partial charge in [0.05, 0.1) is 6.54 Å². The fraction of sp³-hybridized carbons (Fsp3) is 0.538. The second kappa shape index (κ2) is 4.59. The molecule has 1 aromatic heterocycles. The van der Waals surface area contributed by atoms with Crippen LogP contribution < -0.4 is 5.32 Å². The number of nitrogens with zero attached hydrogens (tertiary/aromatic N) is 1. The van der Waals surface area contributed by atoms with Crippen molar-refractivity contribution in [1.29, 1.82) is 0 Å². The highest BCUT2D eigenvalue weighted by atomic mass is 79.9. The highest BCUT2D eigenvalue weighted by Gasteiger charge is 2.50. The average Bonchev–Trinajstić information content (AvgIpc) is 2.68. The maximum Gasteiger partial charge on any atom is 0.248 e. The summed E-state index contributed by atoms with van der Waals surface area (Å²) in [6.07, 6.45) is 0. The SMILES string of the molecule is CC1(C)NC(=O)C(C)(C)N(Cc2sccc2Br)C1=O. The Morgan fingerprint density at radius 2 is 1.95 bits per heavy atom. The van der Waals surface area contributed by atoms with Crippen LogP contribution in [0.1, 0.15) is 32.6 Å². The lowest BCUT2D eigenvalue weighted by Crippen LogP contribution is -2.71. The number of rotatable bonds is 2. The largest absolute Gasteiger partial charge is 0.340 e. The number of carbonyl (C=O) groups excluding carboxylic acids is 2. The molecular weight excluding hydrogens is 328 g/mol. The van der Waals surface area contributed by atoms with Gasteiger partial charge in [-0.3, -0.25) is 9.59 Å². The molecule has 0 unspecified atom stereocenters. The van der Waals surface area contributed by atoms with Crippen LogP contribution in [-0.4, -0.2) is 27.8 Å². The number of nitrogens with one attached hydrogen (secondary N) is 1. The van der Waals surface area contributed by atoms with Gasteiger partial charge >= 0.3 is 0 Å². The predicted molar refractivity (Wildman–Crippen MR) is 78.9 cm³/mol. The van der Waals surface area contributed by atoms with E-state index in [0.29, 0.717) is 6.54 Å². The minimum atomic E-state index is -0.851. The number of hydrogen-bond donors (Lipinski definition) is 1. The molecule has 0 aromatic carbocycles. The Morgan fingerprint density at radius 1 is 1.32 bits per heavy atom. The van der Waals surface area contributed by atoms with Gasteiger partial charge in [0, 0.05) is 9.35 Å². The van der Waals surface area contributed by atoms with Crippen molar-refractivity contribution in [1.82, 2.24) is 10.2 Å².